The lowest BCUT2D eigenvalue weighted by atomic mass is 10.2. The van der Waals surface area contributed by atoms with Gasteiger partial charge in [0.2, 0.25) is 12.2 Å². The van der Waals surface area contributed by atoms with Crippen LogP contribution in [0.25, 0.3) is 0 Å². The Bertz CT molecular complexity index is 1120. The van der Waals surface area contributed by atoms with Crippen LogP contribution in [0.3, 0.4) is 0 Å². The van der Waals surface area contributed by atoms with E-state index in [4.69, 9.17) is 14.2 Å². The molecule has 1 aliphatic rings. The molecule has 3 aromatic carbocycles. The molecule has 0 radical (unpaired) electrons. The summed E-state index contributed by atoms with van der Waals surface area (Å²) in [6, 6.07) is 22.4. The van der Waals surface area contributed by atoms with E-state index < -0.39 is 36.0 Å². The molecular formula is C25H19NO7. The van der Waals surface area contributed by atoms with E-state index in [0.29, 0.717) is 0 Å². The standard InChI is InChI=1S/C25H19NO7/c1-31-19-15-9-8-14-18(19)26-22(27)20(32-24(29)16-10-4-2-5-11-16)21(23(26)28)33-25(30)17-12-6-3-7-13-17/h2-15,20-21H,1H3/t20-,21-/m1/s1. The van der Waals surface area contributed by atoms with Gasteiger partial charge in [0.15, 0.2) is 0 Å². The molecule has 1 saturated heterocycles. The largest absolute Gasteiger partial charge is 0.495 e. The molecule has 0 N–H and O–H groups in total. The van der Waals surface area contributed by atoms with Crippen LogP contribution in [0.5, 0.6) is 5.75 Å². The first-order chi connectivity index (χ1) is 16.0. The lowest BCUT2D eigenvalue weighted by Gasteiger charge is -2.17. The average molecular weight is 445 g/mol. The number of anilines is 1. The molecule has 3 aromatic rings. The highest BCUT2D eigenvalue weighted by molar-refractivity contribution is 6.25. The lowest BCUT2D eigenvalue weighted by Crippen LogP contribution is -2.37. The Labute approximate surface area is 189 Å². The second-order valence-corrected chi connectivity index (χ2v) is 7.07. The first-order valence-electron chi connectivity index (χ1n) is 10.0. The van der Waals surface area contributed by atoms with Gasteiger partial charge in [0.1, 0.15) is 5.75 Å². The first-order valence-corrected chi connectivity index (χ1v) is 10.0. The number of nitrogens with zero attached hydrogens (tertiary/aromatic N) is 1. The third-order valence-electron chi connectivity index (χ3n) is 5.02. The van der Waals surface area contributed by atoms with Crippen LogP contribution >= 0.6 is 0 Å². The molecule has 166 valence electrons. The number of methoxy groups -OCH3 is 1. The van der Waals surface area contributed by atoms with E-state index in [1.165, 1.54) is 37.4 Å². The van der Waals surface area contributed by atoms with Gasteiger partial charge in [-0.15, -0.1) is 0 Å². The summed E-state index contributed by atoms with van der Waals surface area (Å²) in [5.41, 5.74) is 0.511. The van der Waals surface area contributed by atoms with Crippen molar-refractivity contribution in [2.45, 2.75) is 12.2 Å². The second-order valence-electron chi connectivity index (χ2n) is 7.07. The van der Waals surface area contributed by atoms with Crippen LogP contribution in [0.1, 0.15) is 20.7 Å². The average Bonchev–Trinajstić information content (AvgIpc) is 3.08. The van der Waals surface area contributed by atoms with Crippen LogP contribution in [-0.2, 0) is 19.1 Å². The van der Waals surface area contributed by atoms with E-state index >= 15 is 0 Å². The Balaban J connectivity index is 1.68. The van der Waals surface area contributed by atoms with Gasteiger partial charge in [-0.3, -0.25) is 9.59 Å². The van der Waals surface area contributed by atoms with Gasteiger partial charge >= 0.3 is 11.9 Å². The van der Waals surface area contributed by atoms with Gasteiger partial charge in [0, 0.05) is 0 Å². The van der Waals surface area contributed by atoms with E-state index in [1.54, 1.807) is 54.6 Å². The van der Waals surface area contributed by atoms with Crippen molar-refractivity contribution >= 4 is 29.4 Å². The highest BCUT2D eigenvalue weighted by Gasteiger charge is 2.54. The molecule has 33 heavy (non-hydrogen) atoms. The molecule has 1 fully saturated rings. The predicted molar refractivity (Wildman–Crippen MR) is 117 cm³/mol. The zero-order valence-electron chi connectivity index (χ0n) is 17.5. The molecule has 0 saturated carbocycles. The highest BCUT2D eigenvalue weighted by Crippen LogP contribution is 2.34. The molecule has 8 nitrogen and oxygen atoms in total. The Morgan fingerprint density at radius 3 is 1.55 bits per heavy atom. The van der Waals surface area contributed by atoms with Gasteiger partial charge in [-0.25, -0.2) is 14.5 Å². The molecule has 0 unspecified atom stereocenters. The number of benzene rings is 3. The van der Waals surface area contributed by atoms with Crippen LogP contribution in [0.15, 0.2) is 84.9 Å². The Morgan fingerprint density at radius 1 is 0.667 bits per heavy atom. The summed E-state index contributed by atoms with van der Waals surface area (Å²) < 4.78 is 16.0. The second kappa shape index (κ2) is 9.35. The minimum Gasteiger partial charge on any atom is -0.495 e. The summed E-state index contributed by atoms with van der Waals surface area (Å²) in [4.78, 5) is 52.6. The molecule has 0 aromatic heterocycles. The number of carbonyl (C=O) groups excluding carboxylic acids is 4. The lowest BCUT2D eigenvalue weighted by molar-refractivity contribution is -0.130. The van der Waals surface area contributed by atoms with E-state index in [2.05, 4.69) is 0 Å². The van der Waals surface area contributed by atoms with E-state index in [0.717, 1.165) is 4.90 Å². The number of amides is 2. The number of ether oxygens (including phenoxy) is 3. The molecule has 1 aliphatic heterocycles. The topological polar surface area (TPSA) is 99.2 Å². The van der Waals surface area contributed by atoms with E-state index in [-0.39, 0.29) is 22.6 Å². The third-order valence-corrected chi connectivity index (χ3v) is 5.02. The minimum atomic E-state index is -1.66. The zero-order valence-corrected chi connectivity index (χ0v) is 17.5. The van der Waals surface area contributed by atoms with Crippen LogP contribution < -0.4 is 9.64 Å². The summed E-state index contributed by atoms with van der Waals surface area (Å²) in [5, 5.41) is 0. The Hall–Kier alpha value is -4.46. The molecule has 4 rings (SSSR count). The first kappa shape index (κ1) is 21.8. The van der Waals surface area contributed by atoms with Gasteiger partial charge < -0.3 is 14.2 Å². The van der Waals surface area contributed by atoms with Crippen molar-refractivity contribution in [1.82, 2.24) is 0 Å². The summed E-state index contributed by atoms with van der Waals surface area (Å²) in [6.07, 6.45) is -3.33. The van der Waals surface area contributed by atoms with E-state index in [9.17, 15) is 19.2 Å². The van der Waals surface area contributed by atoms with Crippen molar-refractivity contribution in [3.05, 3.63) is 96.1 Å². The number of esters is 2. The Kier molecular flexibility index (Phi) is 6.17. The molecule has 0 bridgehead atoms. The van der Waals surface area contributed by atoms with Gasteiger partial charge in [0.25, 0.3) is 11.8 Å². The van der Waals surface area contributed by atoms with E-state index in [1.807, 2.05) is 0 Å². The molecule has 1 heterocycles. The van der Waals surface area contributed by atoms with Crippen LogP contribution in [0.4, 0.5) is 5.69 Å². The maximum Gasteiger partial charge on any atom is 0.339 e. The fourth-order valence-corrected chi connectivity index (χ4v) is 3.41. The molecule has 2 atom stereocenters. The fraction of sp³-hybridized carbons (Fsp3) is 0.120. The van der Waals surface area contributed by atoms with Crippen LogP contribution in [-0.4, -0.2) is 43.1 Å². The highest BCUT2D eigenvalue weighted by atomic mass is 16.6. The van der Waals surface area contributed by atoms with Crippen molar-refractivity contribution in [2.75, 3.05) is 12.0 Å². The van der Waals surface area contributed by atoms with Crippen LogP contribution in [0.2, 0.25) is 0 Å². The summed E-state index contributed by atoms with van der Waals surface area (Å²) in [7, 11) is 1.39. The molecule has 0 aliphatic carbocycles. The van der Waals surface area contributed by atoms with Crippen molar-refractivity contribution in [2.24, 2.45) is 0 Å². The summed E-state index contributed by atoms with van der Waals surface area (Å²) in [6.45, 7) is 0. The zero-order chi connectivity index (χ0) is 23.4. The normalized spacial score (nSPS) is 17.5. The quantitative estimate of drug-likeness (QED) is 0.425. The third kappa shape index (κ3) is 4.31. The molecule has 8 heteroatoms. The summed E-state index contributed by atoms with van der Waals surface area (Å²) in [5.74, 6) is -3.10. The Morgan fingerprint density at radius 2 is 1.09 bits per heavy atom. The monoisotopic (exact) mass is 445 g/mol. The van der Waals surface area contributed by atoms with Gasteiger partial charge in [0.05, 0.1) is 23.9 Å². The van der Waals surface area contributed by atoms with Gasteiger partial charge in [-0.05, 0) is 36.4 Å². The fourth-order valence-electron chi connectivity index (χ4n) is 3.41. The number of hydrogen-bond donors (Lipinski definition) is 0. The summed E-state index contributed by atoms with van der Waals surface area (Å²) >= 11 is 0. The van der Waals surface area contributed by atoms with Gasteiger partial charge in [-0.2, -0.15) is 0 Å². The number of hydrogen-bond acceptors (Lipinski definition) is 7. The maximum absolute atomic E-state index is 13.3. The van der Waals surface area contributed by atoms with Crippen molar-refractivity contribution in [3.63, 3.8) is 0 Å². The maximum atomic E-state index is 13.3. The number of para-hydroxylation sites is 2. The molecule has 0 spiro atoms. The minimum absolute atomic E-state index is 0.147. The van der Waals surface area contributed by atoms with Crippen molar-refractivity contribution < 1.29 is 33.4 Å². The van der Waals surface area contributed by atoms with Crippen molar-refractivity contribution in [1.29, 1.82) is 0 Å². The number of imide groups is 1. The smallest absolute Gasteiger partial charge is 0.339 e. The van der Waals surface area contributed by atoms with Crippen LogP contribution in [0, 0.1) is 0 Å². The van der Waals surface area contributed by atoms with Gasteiger partial charge in [-0.1, -0.05) is 48.5 Å². The number of rotatable bonds is 6. The SMILES string of the molecule is COc1ccccc1N1C(=O)[C@H](OC(=O)c2ccccc2)[C@@H](OC(=O)c2ccccc2)C1=O. The number of carbonyl (C=O) groups is 4. The molecule has 2 amide bonds. The predicted octanol–water partition coefficient (Wildman–Crippen LogP) is 3.02. The van der Waals surface area contributed by atoms with Crippen molar-refractivity contribution in [3.8, 4) is 5.75 Å². The molecular weight excluding hydrogens is 426 g/mol.